The average molecular weight is 414 g/mol. The van der Waals surface area contributed by atoms with Crippen LogP contribution in [-0.4, -0.2) is 36.9 Å². The van der Waals surface area contributed by atoms with E-state index in [4.69, 9.17) is 0 Å². The van der Waals surface area contributed by atoms with Gasteiger partial charge < -0.3 is 4.90 Å². The van der Waals surface area contributed by atoms with Gasteiger partial charge in [-0.05, 0) is 53.4 Å². The number of hydrogen-bond acceptors (Lipinski definition) is 3. The summed E-state index contributed by atoms with van der Waals surface area (Å²) in [6.45, 7) is 5.82. The van der Waals surface area contributed by atoms with E-state index < -0.39 is 0 Å². The maximum absolute atomic E-state index is 12.8. The number of carbonyl (C=O) groups is 1. The summed E-state index contributed by atoms with van der Waals surface area (Å²) in [7, 11) is 0. The van der Waals surface area contributed by atoms with E-state index in [0.29, 0.717) is 18.9 Å². The van der Waals surface area contributed by atoms with Crippen molar-refractivity contribution in [3.63, 3.8) is 0 Å². The van der Waals surface area contributed by atoms with Gasteiger partial charge in [-0.1, -0.05) is 24.3 Å². The van der Waals surface area contributed by atoms with Gasteiger partial charge in [0.15, 0.2) is 0 Å². The molecule has 0 saturated heterocycles. The van der Waals surface area contributed by atoms with Gasteiger partial charge in [0, 0.05) is 19.3 Å². The molecular formula is C19H20BrN5O. The third kappa shape index (κ3) is 3.07. The maximum Gasteiger partial charge on any atom is 0.274 e. The van der Waals surface area contributed by atoms with Crippen molar-refractivity contribution in [1.82, 2.24) is 24.5 Å². The summed E-state index contributed by atoms with van der Waals surface area (Å²) in [6.07, 6.45) is 2.72. The van der Waals surface area contributed by atoms with Gasteiger partial charge in [-0.2, -0.15) is 10.2 Å². The lowest BCUT2D eigenvalue weighted by Crippen LogP contribution is -2.36. The van der Waals surface area contributed by atoms with Crippen LogP contribution >= 0.6 is 15.9 Å². The molecule has 0 aliphatic carbocycles. The van der Waals surface area contributed by atoms with E-state index in [0.717, 1.165) is 28.8 Å². The van der Waals surface area contributed by atoms with Crippen LogP contribution in [0.15, 0.2) is 41.0 Å². The molecule has 1 aromatic carbocycles. The molecule has 4 rings (SSSR count). The second-order valence-electron chi connectivity index (χ2n) is 6.61. The van der Waals surface area contributed by atoms with Crippen molar-refractivity contribution in [3.8, 4) is 0 Å². The van der Waals surface area contributed by atoms with E-state index in [1.807, 2.05) is 35.7 Å². The van der Waals surface area contributed by atoms with Crippen molar-refractivity contribution in [1.29, 1.82) is 0 Å². The van der Waals surface area contributed by atoms with Crippen LogP contribution in [0.5, 0.6) is 0 Å². The predicted octanol–water partition coefficient (Wildman–Crippen LogP) is 3.16. The fourth-order valence-corrected chi connectivity index (χ4v) is 3.62. The van der Waals surface area contributed by atoms with E-state index >= 15 is 0 Å². The smallest absolute Gasteiger partial charge is 0.274 e. The molecule has 0 radical (unpaired) electrons. The number of rotatable bonds is 3. The number of fused-ring (bicyclic) bond motifs is 1. The van der Waals surface area contributed by atoms with E-state index in [9.17, 15) is 4.79 Å². The molecule has 0 atom stereocenters. The first kappa shape index (κ1) is 17.0. The summed E-state index contributed by atoms with van der Waals surface area (Å²) < 4.78 is 4.63. The SMILES string of the molecule is Cc1nn(Cn2ccc(C(=O)N3CCc4ccccc4C3)n2)c(C)c1Br. The third-order valence-electron chi connectivity index (χ3n) is 4.85. The molecule has 3 heterocycles. The van der Waals surface area contributed by atoms with Crippen LogP contribution in [0.2, 0.25) is 0 Å². The molecule has 26 heavy (non-hydrogen) atoms. The highest BCUT2D eigenvalue weighted by atomic mass is 79.9. The van der Waals surface area contributed by atoms with Gasteiger partial charge in [-0.15, -0.1) is 0 Å². The molecule has 0 N–H and O–H groups in total. The zero-order valence-corrected chi connectivity index (χ0v) is 16.4. The van der Waals surface area contributed by atoms with Crippen LogP contribution in [0.4, 0.5) is 0 Å². The van der Waals surface area contributed by atoms with E-state index in [-0.39, 0.29) is 5.91 Å². The largest absolute Gasteiger partial charge is 0.333 e. The third-order valence-corrected chi connectivity index (χ3v) is 6.00. The van der Waals surface area contributed by atoms with Crippen LogP contribution in [0.1, 0.15) is 33.0 Å². The molecule has 1 amide bonds. The zero-order valence-electron chi connectivity index (χ0n) is 14.8. The van der Waals surface area contributed by atoms with Crippen molar-refractivity contribution in [2.75, 3.05) is 6.54 Å². The Balaban J connectivity index is 1.49. The lowest BCUT2D eigenvalue weighted by molar-refractivity contribution is 0.0727. The van der Waals surface area contributed by atoms with Gasteiger partial charge in [0.1, 0.15) is 12.4 Å². The van der Waals surface area contributed by atoms with E-state index in [1.165, 1.54) is 11.1 Å². The van der Waals surface area contributed by atoms with Gasteiger partial charge in [0.25, 0.3) is 5.91 Å². The number of nitrogens with zero attached hydrogens (tertiary/aromatic N) is 5. The second kappa shape index (κ2) is 6.72. The molecule has 134 valence electrons. The fourth-order valence-electron chi connectivity index (χ4n) is 3.34. The highest BCUT2D eigenvalue weighted by Crippen LogP contribution is 2.21. The first-order valence-electron chi connectivity index (χ1n) is 8.62. The van der Waals surface area contributed by atoms with Crippen LogP contribution in [0, 0.1) is 13.8 Å². The molecule has 0 unspecified atom stereocenters. The van der Waals surface area contributed by atoms with Crippen molar-refractivity contribution in [2.24, 2.45) is 0 Å². The molecule has 2 aromatic heterocycles. The highest BCUT2D eigenvalue weighted by molar-refractivity contribution is 9.10. The summed E-state index contributed by atoms with van der Waals surface area (Å²) >= 11 is 3.53. The van der Waals surface area contributed by atoms with Crippen molar-refractivity contribution < 1.29 is 4.79 Å². The highest BCUT2D eigenvalue weighted by Gasteiger charge is 2.23. The van der Waals surface area contributed by atoms with Gasteiger partial charge >= 0.3 is 0 Å². The maximum atomic E-state index is 12.8. The summed E-state index contributed by atoms with van der Waals surface area (Å²) in [6, 6.07) is 10.1. The molecule has 3 aromatic rings. The monoisotopic (exact) mass is 413 g/mol. The summed E-state index contributed by atoms with van der Waals surface area (Å²) in [5.41, 5.74) is 5.01. The Morgan fingerprint density at radius 1 is 1.15 bits per heavy atom. The number of benzene rings is 1. The zero-order chi connectivity index (χ0) is 18.3. The molecule has 0 saturated carbocycles. The number of carbonyl (C=O) groups excluding carboxylic acids is 1. The van der Waals surface area contributed by atoms with Gasteiger partial charge in [-0.3, -0.25) is 9.48 Å². The molecule has 1 aliphatic rings. The molecule has 7 heteroatoms. The van der Waals surface area contributed by atoms with Gasteiger partial charge in [-0.25, -0.2) is 4.68 Å². The fraction of sp³-hybridized carbons (Fsp3) is 0.316. The van der Waals surface area contributed by atoms with E-state index in [2.05, 4.69) is 44.3 Å². The van der Waals surface area contributed by atoms with Crippen LogP contribution in [0.25, 0.3) is 0 Å². The number of aromatic nitrogens is 4. The second-order valence-corrected chi connectivity index (χ2v) is 7.40. The van der Waals surface area contributed by atoms with Crippen LogP contribution < -0.4 is 0 Å². The normalized spacial score (nSPS) is 13.7. The molecule has 0 fully saturated rings. The summed E-state index contributed by atoms with van der Waals surface area (Å²) in [4.78, 5) is 14.7. The number of hydrogen-bond donors (Lipinski definition) is 0. The number of amides is 1. The molecule has 0 spiro atoms. The van der Waals surface area contributed by atoms with Crippen molar-refractivity contribution >= 4 is 21.8 Å². The lowest BCUT2D eigenvalue weighted by Gasteiger charge is -2.28. The Morgan fingerprint density at radius 2 is 1.92 bits per heavy atom. The summed E-state index contributed by atoms with van der Waals surface area (Å²) in [5, 5.41) is 8.95. The summed E-state index contributed by atoms with van der Waals surface area (Å²) in [5.74, 6) is -0.0206. The van der Waals surface area contributed by atoms with Crippen LogP contribution in [-0.2, 0) is 19.6 Å². The lowest BCUT2D eigenvalue weighted by atomic mass is 10.00. The first-order chi connectivity index (χ1) is 12.5. The van der Waals surface area contributed by atoms with Gasteiger partial charge in [0.2, 0.25) is 0 Å². The topological polar surface area (TPSA) is 56.0 Å². The van der Waals surface area contributed by atoms with Gasteiger partial charge in [0.05, 0.1) is 15.9 Å². The van der Waals surface area contributed by atoms with Crippen molar-refractivity contribution in [2.45, 2.75) is 33.5 Å². The number of halogens is 1. The Labute approximate surface area is 160 Å². The minimum atomic E-state index is -0.0206. The van der Waals surface area contributed by atoms with E-state index in [1.54, 1.807) is 10.7 Å². The molecule has 6 nitrogen and oxygen atoms in total. The Morgan fingerprint density at radius 3 is 2.65 bits per heavy atom. The Hall–Kier alpha value is -2.41. The van der Waals surface area contributed by atoms with Crippen molar-refractivity contribution in [3.05, 3.63) is 69.2 Å². The standard InChI is InChI=1S/C19H20BrN5O/c1-13-18(20)14(2)25(21-13)12-24-10-8-17(22-24)19(26)23-9-7-15-5-3-4-6-16(15)11-23/h3-6,8,10H,7,9,11-12H2,1-2H3. The predicted molar refractivity (Wildman–Crippen MR) is 102 cm³/mol. The average Bonchev–Trinajstić information content (AvgIpc) is 3.22. The van der Waals surface area contributed by atoms with Crippen LogP contribution in [0.3, 0.4) is 0 Å². The Kier molecular flexibility index (Phi) is 4.40. The number of aryl methyl sites for hydroxylation is 1. The molecule has 1 aliphatic heterocycles. The first-order valence-corrected chi connectivity index (χ1v) is 9.41. The minimum absolute atomic E-state index is 0.0206. The molecular weight excluding hydrogens is 394 g/mol. The molecule has 0 bridgehead atoms. The Bertz CT molecular complexity index is 974. The quantitative estimate of drug-likeness (QED) is 0.662. The minimum Gasteiger partial charge on any atom is -0.333 e.